The quantitative estimate of drug-likeness (QED) is 0.575. The van der Waals surface area contributed by atoms with Crippen molar-refractivity contribution in [2.45, 2.75) is 33.1 Å². The Morgan fingerprint density at radius 2 is 1.88 bits per heavy atom. The Morgan fingerprint density at radius 3 is 2.47 bits per heavy atom. The summed E-state index contributed by atoms with van der Waals surface area (Å²) >= 11 is 0. The molecule has 4 heteroatoms. The van der Waals surface area contributed by atoms with Crippen molar-refractivity contribution in [1.82, 2.24) is 0 Å². The number of unbranched alkanes of at least 4 members (excludes halogenated alkanes) is 1. The zero-order valence-electron chi connectivity index (χ0n) is 9.99. The van der Waals surface area contributed by atoms with E-state index in [0.29, 0.717) is 11.4 Å². The van der Waals surface area contributed by atoms with E-state index in [-0.39, 0.29) is 0 Å². The van der Waals surface area contributed by atoms with E-state index in [4.69, 9.17) is 0 Å². The van der Waals surface area contributed by atoms with Crippen LogP contribution in [0.25, 0.3) is 0 Å². The summed E-state index contributed by atoms with van der Waals surface area (Å²) in [5.74, 6) is 0. The van der Waals surface area contributed by atoms with E-state index in [2.05, 4.69) is 16.9 Å². The van der Waals surface area contributed by atoms with Crippen molar-refractivity contribution in [1.29, 1.82) is 0 Å². The maximum absolute atomic E-state index is 10.3. The molecule has 0 spiro atoms. The van der Waals surface area contributed by atoms with Gasteiger partial charge < -0.3 is 0 Å². The molecule has 88 valence electrons. The van der Waals surface area contributed by atoms with Crippen LogP contribution in [0.2, 0.25) is 0 Å². The molecule has 0 aromatic heterocycles. The lowest BCUT2D eigenvalue weighted by Crippen LogP contribution is -1.90. The van der Waals surface area contributed by atoms with Gasteiger partial charge in [-0.1, -0.05) is 13.3 Å². The van der Waals surface area contributed by atoms with E-state index in [1.54, 1.807) is 6.07 Å². The molecular weight excluding hydrogens is 216 g/mol. The van der Waals surface area contributed by atoms with Crippen molar-refractivity contribution >= 4 is 23.5 Å². The van der Waals surface area contributed by atoms with Crippen LogP contribution in [0.4, 0.5) is 11.4 Å². The SMILES string of the molecule is CCCCc1cc(N=C=O)cc(N=C=O)c1C. The van der Waals surface area contributed by atoms with Gasteiger partial charge in [-0.05, 0) is 43.0 Å². The first-order valence-corrected chi connectivity index (χ1v) is 5.52. The molecule has 0 N–H and O–H groups in total. The van der Waals surface area contributed by atoms with Gasteiger partial charge in [0.25, 0.3) is 0 Å². The number of benzene rings is 1. The lowest BCUT2D eigenvalue weighted by atomic mass is 10.0. The Balaban J connectivity index is 3.26. The first kappa shape index (κ1) is 13.0. The van der Waals surface area contributed by atoms with Gasteiger partial charge >= 0.3 is 0 Å². The predicted molar refractivity (Wildman–Crippen MR) is 65.4 cm³/mol. The molecule has 1 aromatic carbocycles. The van der Waals surface area contributed by atoms with Gasteiger partial charge in [0.15, 0.2) is 0 Å². The van der Waals surface area contributed by atoms with Crippen molar-refractivity contribution < 1.29 is 9.59 Å². The maximum Gasteiger partial charge on any atom is 0.240 e. The molecule has 17 heavy (non-hydrogen) atoms. The van der Waals surface area contributed by atoms with E-state index < -0.39 is 0 Å². The molecule has 0 saturated carbocycles. The highest BCUT2D eigenvalue weighted by Crippen LogP contribution is 2.29. The minimum Gasteiger partial charge on any atom is -0.211 e. The first-order valence-electron chi connectivity index (χ1n) is 5.52. The van der Waals surface area contributed by atoms with Crippen LogP contribution in [-0.4, -0.2) is 12.2 Å². The number of isocyanates is 2. The molecule has 4 nitrogen and oxygen atoms in total. The summed E-state index contributed by atoms with van der Waals surface area (Å²) in [4.78, 5) is 27.8. The zero-order chi connectivity index (χ0) is 12.7. The van der Waals surface area contributed by atoms with E-state index in [9.17, 15) is 9.59 Å². The van der Waals surface area contributed by atoms with Gasteiger partial charge in [-0.25, -0.2) is 9.59 Å². The molecular formula is C13H14N2O2. The summed E-state index contributed by atoms with van der Waals surface area (Å²) in [6, 6.07) is 3.42. The minimum absolute atomic E-state index is 0.478. The molecule has 0 atom stereocenters. The fraction of sp³-hybridized carbons (Fsp3) is 0.385. The molecule has 0 radical (unpaired) electrons. The Bertz CT molecular complexity index is 496. The van der Waals surface area contributed by atoms with Crippen LogP contribution in [0.15, 0.2) is 22.1 Å². The van der Waals surface area contributed by atoms with Crippen LogP contribution in [0.5, 0.6) is 0 Å². The molecule has 1 rings (SSSR count). The Labute approximate surface area is 100 Å². The summed E-state index contributed by atoms with van der Waals surface area (Å²) in [5.41, 5.74) is 2.98. The number of hydrogen-bond acceptors (Lipinski definition) is 4. The summed E-state index contributed by atoms with van der Waals surface area (Å²) in [5, 5.41) is 0. The largest absolute Gasteiger partial charge is 0.240 e. The molecule has 0 bridgehead atoms. The van der Waals surface area contributed by atoms with Gasteiger partial charge in [-0.15, -0.1) is 0 Å². The number of nitrogens with zero attached hydrogens (tertiary/aromatic N) is 2. The molecule has 1 aromatic rings. The number of rotatable bonds is 5. The summed E-state index contributed by atoms with van der Waals surface area (Å²) < 4.78 is 0. The van der Waals surface area contributed by atoms with Gasteiger partial charge in [0, 0.05) is 0 Å². The normalized spacial score (nSPS) is 9.29. The Kier molecular flexibility index (Phi) is 5.02. The lowest BCUT2D eigenvalue weighted by molar-refractivity contribution is 0.565. The van der Waals surface area contributed by atoms with E-state index >= 15 is 0 Å². The summed E-state index contributed by atoms with van der Waals surface area (Å²) in [6.07, 6.45) is 6.00. The van der Waals surface area contributed by atoms with Crippen LogP contribution >= 0.6 is 0 Å². The smallest absolute Gasteiger partial charge is 0.211 e. The van der Waals surface area contributed by atoms with Crippen LogP contribution < -0.4 is 0 Å². The van der Waals surface area contributed by atoms with Gasteiger partial charge in [-0.2, -0.15) is 9.98 Å². The first-order chi connectivity index (χ1) is 8.22. The predicted octanol–water partition coefficient (Wildman–Crippen LogP) is 3.27. The monoisotopic (exact) mass is 230 g/mol. The number of aliphatic imine (C=N–C) groups is 2. The summed E-state index contributed by atoms with van der Waals surface area (Å²) in [7, 11) is 0. The molecule has 0 unspecified atom stereocenters. The van der Waals surface area contributed by atoms with E-state index in [0.717, 1.165) is 30.4 Å². The second-order valence-corrected chi connectivity index (χ2v) is 3.76. The Morgan fingerprint density at radius 1 is 1.18 bits per heavy atom. The van der Waals surface area contributed by atoms with Crippen molar-refractivity contribution in [3.8, 4) is 0 Å². The molecule has 0 aliphatic heterocycles. The molecule has 0 aliphatic rings. The average Bonchev–Trinajstić information content (AvgIpc) is 2.32. The van der Waals surface area contributed by atoms with Crippen LogP contribution in [0, 0.1) is 6.92 Å². The van der Waals surface area contributed by atoms with Crippen molar-refractivity contribution in [3.63, 3.8) is 0 Å². The van der Waals surface area contributed by atoms with E-state index in [1.807, 2.05) is 13.0 Å². The standard InChI is InChI=1S/C13H14N2O2/c1-3-4-5-11-6-12(14-8-16)7-13(10(11)2)15-9-17/h6-7H,3-5H2,1-2H3. The third kappa shape index (κ3) is 3.49. The third-order valence-corrected chi connectivity index (χ3v) is 2.61. The van der Waals surface area contributed by atoms with E-state index in [1.165, 1.54) is 12.2 Å². The molecule has 0 amide bonds. The number of aryl methyl sites for hydroxylation is 1. The van der Waals surface area contributed by atoms with Crippen LogP contribution in [0.1, 0.15) is 30.9 Å². The zero-order valence-corrected chi connectivity index (χ0v) is 9.99. The molecule has 0 heterocycles. The highest BCUT2D eigenvalue weighted by Gasteiger charge is 2.06. The molecule has 0 fully saturated rings. The fourth-order valence-corrected chi connectivity index (χ4v) is 1.65. The van der Waals surface area contributed by atoms with Crippen LogP contribution in [-0.2, 0) is 16.0 Å². The van der Waals surface area contributed by atoms with Gasteiger partial charge in [-0.3, -0.25) is 0 Å². The average molecular weight is 230 g/mol. The number of hydrogen-bond donors (Lipinski definition) is 0. The summed E-state index contributed by atoms with van der Waals surface area (Å²) in [6.45, 7) is 4.00. The van der Waals surface area contributed by atoms with Crippen molar-refractivity contribution in [3.05, 3.63) is 23.3 Å². The fourth-order valence-electron chi connectivity index (χ4n) is 1.65. The third-order valence-electron chi connectivity index (χ3n) is 2.61. The second-order valence-electron chi connectivity index (χ2n) is 3.76. The van der Waals surface area contributed by atoms with Crippen molar-refractivity contribution in [2.24, 2.45) is 9.98 Å². The van der Waals surface area contributed by atoms with Crippen LogP contribution in [0.3, 0.4) is 0 Å². The minimum atomic E-state index is 0.478. The van der Waals surface area contributed by atoms with Gasteiger partial charge in [0.2, 0.25) is 12.2 Å². The maximum atomic E-state index is 10.3. The highest BCUT2D eigenvalue weighted by molar-refractivity contribution is 5.64. The molecule has 0 saturated heterocycles. The van der Waals surface area contributed by atoms with Crippen molar-refractivity contribution in [2.75, 3.05) is 0 Å². The lowest BCUT2D eigenvalue weighted by Gasteiger charge is -2.08. The Hall–Kier alpha value is -2.02. The highest BCUT2D eigenvalue weighted by atomic mass is 16.1. The van der Waals surface area contributed by atoms with Gasteiger partial charge in [0.1, 0.15) is 0 Å². The van der Waals surface area contributed by atoms with Gasteiger partial charge in [0.05, 0.1) is 11.4 Å². The molecule has 0 aliphatic carbocycles. The second kappa shape index (κ2) is 6.54. The topological polar surface area (TPSA) is 58.9 Å². The number of carbonyl (C=O) groups excluding carboxylic acids is 2.